The van der Waals surface area contributed by atoms with Crippen molar-refractivity contribution in [1.82, 2.24) is 9.38 Å². The largest absolute Gasteiger partial charge is 0.477 e. The molecule has 1 aromatic carbocycles. The Kier molecular flexibility index (Phi) is 2.79. The van der Waals surface area contributed by atoms with Crippen molar-refractivity contribution in [1.29, 1.82) is 0 Å². The maximum Gasteiger partial charge on any atom is 0.347 e. The molecular formula is C13H8F2N2O2S. The molecule has 0 bridgehead atoms. The molecule has 0 saturated carbocycles. The van der Waals surface area contributed by atoms with E-state index in [4.69, 9.17) is 5.11 Å². The number of aryl methyl sites for hydroxylation is 1. The molecule has 1 N–H and O–H groups in total. The van der Waals surface area contributed by atoms with E-state index in [1.165, 1.54) is 6.20 Å². The summed E-state index contributed by atoms with van der Waals surface area (Å²) in [6.45, 7) is 1.64. The molecule has 0 atom stereocenters. The van der Waals surface area contributed by atoms with Gasteiger partial charge in [0.2, 0.25) is 0 Å². The Labute approximate surface area is 115 Å². The van der Waals surface area contributed by atoms with E-state index in [2.05, 4.69) is 4.98 Å². The number of carboxylic acid groups (broad SMARTS) is 1. The zero-order valence-corrected chi connectivity index (χ0v) is 11.0. The van der Waals surface area contributed by atoms with Crippen LogP contribution in [-0.2, 0) is 0 Å². The van der Waals surface area contributed by atoms with Crippen molar-refractivity contribution in [3.8, 4) is 11.3 Å². The molecule has 2 aromatic heterocycles. The first-order valence-corrected chi connectivity index (χ1v) is 6.46. The molecule has 0 unspecified atom stereocenters. The van der Waals surface area contributed by atoms with E-state index in [-0.39, 0.29) is 16.1 Å². The number of halogens is 2. The van der Waals surface area contributed by atoms with Crippen LogP contribution in [-0.4, -0.2) is 20.5 Å². The molecule has 0 aliphatic heterocycles. The molecule has 4 nitrogen and oxygen atoms in total. The number of hydrogen-bond donors (Lipinski definition) is 1. The summed E-state index contributed by atoms with van der Waals surface area (Å²) >= 11 is 0.994. The first-order valence-electron chi connectivity index (χ1n) is 5.64. The molecule has 0 aliphatic rings. The van der Waals surface area contributed by atoms with Crippen molar-refractivity contribution >= 4 is 22.3 Å². The monoisotopic (exact) mass is 294 g/mol. The summed E-state index contributed by atoms with van der Waals surface area (Å²) in [5, 5.41) is 9.01. The van der Waals surface area contributed by atoms with Gasteiger partial charge in [0.1, 0.15) is 16.5 Å². The number of carbonyl (C=O) groups is 1. The van der Waals surface area contributed by atoms with Crippen LogP contribution in [0.2, 0.25) is 0 Å². The summed E-state index contributed by atoms with van der Waals surface area (Å²) in [6, 6.07) is 3.13. The standard InChI is InChI=1S/C13H8F2N2O2S/c1-6-11(12(18)19)20-13-16-10(5-17(6)13)8-4-7(14)2-3-9(8)15/h2-5H,1H3,(H,18,19). The maximum atomic E-state index is 13.7. The predicted molar refractivity (Wildman–Crippen MR) is 70.1 cm³/mol. The van der Waals surface area contributed by atoms with Crippen LogP contribution < -0.4 is 0 Å². The number of imidazole rings is 1. The van der Waals surface area contributed by atoms with Gasteiger partial charge in [0.25, 0.3) is 0 Å². The minimum absolute atomic E-state index is 0.0529. The second-order valence-electron chi connectivity index (χ2n) is 4.22. The average Bonchev–Trinajstić information content (AvgIpc) is 2.92. The summed E-state index contributed by atoms with van der Waals surface area (Å²) < 4.78 is 28.4. The van der Waals surface area contributed by atoms with E-state index in [9.17, 15) is 13.6 Å². The van der Waals surface area contributed by atoms with Crippen LogP contribution in [0.25, 0.3) is 16.2 Å². The van der Waals surface area contributed by atoms with E-state index in [0.29, 0.717) is 10.7 Å². The Morgan fingerprint density at radius 2 is 2.15 bits per heavy atom. The molecular weight excluding hydrogens is 286 g/mol. The lowest BCUT2D eigenvalue weighted by molar-refractivity contribution is 0.0701. The lowest BCUT2D eigenvalue weighted by Crippen LogP contribution is -1.96. The molecule has 20 heavy (non-hydrogen) atoms. The van der Waals surface area contributed by atoms with E-state index >= 15 is 0 Å². The van der Waals surface area contributed by atoms with Gasteiger partial charge in [0.15, 0.2) is 4.96 Å². The number of rotatable bonds is 2. The van der Waals surface area contributed by atoms with Crippen LogP contribution >= 0.6 is 11.3 Å². The summed E-state index contributed by atoms with van der Waals surface area (Å²) in [4.78, 5) is 15.8. The number of aromatic nitrogens is 2. The zero-order valence-electron chi connectivity index (χ0n) is 10.2. The second-order valence-corrected chi connectivity index (χ2v) is 5.20. The Balaban J connectivity index is 2.19. The molecule has 2 heterocycles. The lowest BCUT2D eigenvalue weighted by Gasteiger charge is -1.99. The van der Waals surface area contributed by atoms with Gasteiger partial charge in [0, 0.05) is 17.5 Å². The molecule has 0 amide bonds. The van der Waals surface area contributed by atoms with E-state index in [1.807, 2.05) is 0 Å². The normalized spacial score (nSPS) is 11.2. The van der Waals surface area contributed by atoms with Crippen LogP contribution in [0.5, 0.6) is 0 Å². The lowest BCUT2D eigenvalue weighted by atomic mass is 10.1. The van der Waals surface area contributed by atoms with Crippen molar-refractivity contribution in [2.75, 3.05) is 0 Å². The summed E-state index contributed by atoms with van der Waals surface area (Å²) in [7, 11) is 0. The summed E-state index contributed by atoms with van der Waals surface area (Å²) in [5.74, 6) is -2.16. The number of fused-ring (bicyclic) bond motifs is 1. The van der Waals surface area contributed by atoms with Crippen LogP contribution in [0.4, 0.5) is 8.78 Å². The SMILES string of the molecule is Cc1c(C(=O)O)sc2nc(-c3cc(F)ccc3F)cn12. The number of aromatic carboxylic acids is 1. The molecule has 0 fully saturated rings. The molecule has 7 heteroatoms. The fourth-order valence-electron chi connectivity index (χ4n) is 1.97. The third kappa shape index (κ3) is 1.87. The number of hydrogen-bond acceptors (Lipinski definition) is 3. The van der Waals surface area contributed by atoms with Gasteiger partial charge in [-0.2, -0.15) is 0 Å². The number of nitrogens with zero attached hydrogens (tertiary/aromatic N) is 2. The van der Waals surface area contributed by atoms with Crippen molar-refractivity contribution < 1.29 is 18.7 Å². The second kappa shape index (κ2) is 4.38. The van der Waals surface area contributed by atoms with Gasteiger partial charge in [0.05, 0.1) is 5.69 Å². The van der Waals surface area contributed by atoms with Crippen LogP contribution in [0.3, 0.4) is 0 Å². The van der Waals surface area contributed by atoms with Crippen LogP contribution in [0, 0.1) is 18.6 Å². The van der Waals surface area contributed by atoms with E-state index in [1.54, 1.807) is 11.3 Å². The van der Waals surface area contributed by atoms with Gasteiger partial charge in [-0.25, -0.2) is 18.6 Å². The first kappa shape index (κ1) is 12.7. The van der Waals surface area contributed by atoms with Crippen molar-refractivity contribution in [3.63, 3.8) is 0 Å². The van der Waals surface area contributed by atoms with Crippen LogP contribution in [0.15, 0.2) is 24.4 Å². The maximum absolute atomic E-state index is 13.7. The Morgan fingerprint density at radius 3 is 2.80 bits per heavy atom. The predicted octanol–water partition coefficient (Wildman–Crippen LogP) is 3.35. The highest BCUT2D eigenvalue weighted by Gasteiger charge is 2.18. The average molecular weight is 294 g/mol. The third-order valence-electron chi connectivity index (χ3n) is 2.96. The smallest absolute Gasteiger partial charge is 0.347 e. The number of thiazole rings is 1. The Morgan fingerprint density at radius 1 is 1.40 bits per heavy atom. The summed E-state index contributed by atoms with van der Waals surface area (Å²) in [5.41, 5.74) is 0.832. The molecule has 3 aromatic rings. The number of benzene rings is 1. The topological polar surface area (TPSA) is 54.6 Å². The van der Waals surface area contributed by atoms with Crippen LogP contribution in [0.1, 0.15) is 15.4 Å². The zero-order chi connectivity index (χ0) is 14.4. The fourth-order valence-corrected chi connectivity index (χ4v) is 2.92. The highest BCUT2D eigenvalue weighted by molar-refractivity contribution is 7.19. The quantitative estimate of drug-likeness (QED) is 0.788. The van der Waals surface area contributed by atoms with Gasteiger partial charge >= 0.3 is 5.97 Å². The molecule has 0 saturated heterocycles. The molecule has 0 aliphatic carbocycles. The molecule has 0 radical (unpaired) electrons. The van der Waals surface area contributed by atoms with Gasteiger partial charge < -0.3 is 5.11 Å². The molecule has 3 rings (SSSR count). The van der Waals surface area contributed by atoms with Gasteiger partial charge in [-0.3, -0.25) is 4.40 Å². The summed E-state index contributed by atoms with van der Waals surface area (Å²) in [6.07, 6.45) is 1.51. The Hall–Kier alpha value is -2.28. The molecule has 102 valence electrons. The highest BCUT2D eigenvalue weighted by Crippen LogP contribution is 2.28. The first-order chi connectivity index (χ1) is 9.47. The molecule has 0 spiro atoms. The van der Waals surface area contributed by atoms with Gasteiger partial charge in [-0.05, 0) is 25.1 Å². The highest BCUT2D eigenvalue weighted by atomic mass is 32.1. The van der Waals surface area contributed by atoms with E-state index < -0.39 is 17.6 Å². The van der Waals surface area contributed by atoms with Crippen molar-refractivity contribution in [2.24, 2.45) is 0 Å². The van der Waals surface area contributed by atoms with Crippen molar-refractivity contribution in [2.45, 2.75) is 6.92 Å². The van der Waals surface area contributed by atoms with Gasteiger partial charge in [-0.15, -0.1) is 0 Å². The fraction of sp³-hybridized carbons (Fsp3) is 0.0769. The number of carboxylic acids is 1. The van der Waals surface area contributed by atoms with Gasteiger partial charge in [-0.1, -0.05) is 11.3 Å². The minimum atomic E-state index is -1.03. The Bertz CT molecular complexity index is 838. The third-order valence-corrected chi connectivity index (χ3v) is 4.10. The minimum Gasteiger partial charge on any atom is -0.477 e. The van der Waals surface area contributed by atoms with Crippen molar-refractivity contribution in [3.05, 3.63) is 46.6 Å². The van der Waals surface area contributed by atoms with E-state index in [0.717, 1.165) is 29.5 Å².